The Morgan fingerprint density at radius 2 is 2.08 bits per heavy atom. The third kappa shape index (κ3) is 3.44. The Balaban J connectivity index is 1.41. The number of hydrogen-bond acceptors (Lipinski definition) is 5. The number of aromatic nitrogens is 1. The molecule has 3 heterocycles. The molecule has 1 aromatic carbocycles. The van der Waals surface area contributed by atoms with Gasteiger partial charge in [0, 0.05) is 32.2 Å². The van der Waals surface area contributed by atoms with Crippen LogP contribution in [0.25, 0.3) is 0 Å². The SMILES string of the molecule is O=C(c1cnc(Cl)s1)N1CCC(N2CCc3ccccc3C2)[C@H](O)C1. The summed E-state index contributed by atoms with van der Waals surface area (Å²) < 4.78 is 0.366. The van der Waals surface area contributed by atoms with E-state index >= 15 is 0 Å². The number of β-amino-alcohol motifs (C(OH)–C–C–N with tert-alkyl or cyclic N) is 1. The van der Waals surface area contributed by atoms with E-state index < -0.39 is 6.10 Å². The monoisotopic (exact) mass is 377 g/mol. The number of halogens is 1. The predicted molar refractivity (Wildman–Crippen MR) is 98.0 cm³/mol. The van der Waals surface area contributed by atoms with Crippen molar-refractivity contribution in [1.82, 2.24) is 14.8 Å². The van der Waals surface area contributed by atoms with Crippen molar-refractivity contribution in [3.05, 3.63) is 50.9 Å². The van der Waals surface area contributed by atoms with Crippen LogP contribution in [0.15, 0.2) is 30.5 Å². The molecule has 4 rings (SSSR count). The fourth-order valence-electron chi connectivity index (χ4n) is 3.84. The normalized spacial score (nSPS) is 24.2. The summed E-state index contributed by atoms with van der Waals surface area (Å²) in [6, 6.07) is 8.60. The molecule has 7 heteroatoms. The number of benzene rings is 1. The average molecular weight is 378 g/mol. The Labute approximate surface area is 155 Å². The summed E-state index contributed by atoms with van der Waals surface area (Å²) in [7, 11) is 0. The molecule has 1 fully saturated rings. The molecule has 2 aliphatic heterocycles. The van der Waals surface area contributed by atoms with Crippen LogP contribution in [0.4, 0.5) is 0 Å². The topological polar surface area (TPSA) is 56.7 Å². The molecule has 2 aromatic rings. The van der Waals surface area contributed by atoms with Crippen molar-refractivity contribution >= 4 is 28.8 Å². The van der Waals surface area contributed by atoms with E-state index in [1.807, 2.05) is 0 Å². The average Bonchev–Trinajstić information content (AvgIpc) is 3.07. The van der Waals surface area contributed by atoms with Gasteiger partial charge in [-0.3, -0.25) is 9.69 Å². The summed E-state index contributed by atoms with van der Waals surface area (Å²) in [5.41, 5.74) is 2.75. The summed E-state index contributed by atoms with van der Waals surface area (Å²) in [6.07, 6.45) is 2.77. The smallest absolute Gasteiger partial charge is 0.265 e. The molecule has 0 aliphatic carbocycles. The van der Waals surface area contributed by atoms with Crippen molar-refractivity contribution in [2.24, 2.45) is 0 Å². The molecule has 1 unspecified atom stereocenters. The summed E-state index contributed by atoms with van der Waals surface area (Å²) in [5, 5.41) is 10.7. The first kappa shape index (κ1) is 17.0. The van der Waals surface area contributed by atoms with Gasteiger partial charge in [-0.25, -0.2) is 4.98 Å². The molecule has 0 radical (unpaired) electrons. The molecule has 5 nitrogen and oxygen atoms in total. The molecule has 0 spiro atoms. The van der Waals surface area contributed by atoms with E-state index in [4.69, 9.17) is 11.6 Å². The number of aliphatic hydroxyl groups excluding tert-OH is 1. The largest absolute Gasteiger partial charge is 0.390 e. The van der Waals surface area contributed by atoms with Crippen LogP contribution in [-0.4, -0.2) is 57.6 Å². The molecule has 1 saturated heterocycles. The number of amides is 1. The first-order valence-corrected chi connectivity index (χ1v) is 9.71. The van der Waals surface area contributed by atoms with Gasteiger partial charge in [0.1, 0.15) is 4.88 Å². The van der Waals surface area contributed by atoms with Gasteiger partial charge in [-0.15, -0.1) is 0 Å². The number of likely N-dealkylation sites (tertiary alicyclic amines) is 1. The maximum Gasteiger partial charge on any atom is 0.265 e. The molecule has 1 aromatic heterocycles. The van der Waals surface area contributed by atoms with Crippen LogP contribution in [0.5, 0.6) is 0 Å². The van der Waals surface area contributed by atoms with Gasteiger partial charge in [-0.1, -0.05) is 47.2 Å². The van der Waals surface area contributed by atoms with Gasteiger partial charge in [0.2, 0.25) is 0 Å². The molecule has 2 aliphatic rings. The van der Waals surface area contributed by atoms with E-state index in [1.54, 1.807) is 4.90 Å². The number of hydrogen-bond donors (Lipinski definition) is 1. The lowest BCUT2D eigenvalue weighted by molar-refractivity contribution is -0.0136. The fraction of sp³-hybridized carbons (Fsp3) is 0.444. The number of rotatable bonds is 2. The van der Waals surface area contributed by atoms with Crippen LogP contribution in [-0.2, 0) is 13.0 Å². The van der Waals surface area contributed by atoms with Crippen LogP contribution in [0, 0.1) is 0 Å². The van der Waals surface area contributed by atoms with E-state index in [0.717, 1.165) is 25.9 Å². The molecule has 0 bridgehead atoms. The highest BCUT2D eigenvalue weighted by molar-refractivity contribution is 7.17. The third-order valence-corrected chi connectivity index (χ3v) is 6.25. The number of nitrogens with zero attached hydrogens (tertiary/aromatic N) is 3. The van der Waals surface area contributed by atoms with Crippen LogP contribution in [0.3, 0.4) is 0 Å². The van der Waals surface area contributed by atoms with Gasteiger partial charge in [-0.2, -0.15) is 0 Å². The minimum absolute atomic E-state index is 0.0918. The lowest BCUT2D eigenvalue weighted by Gasteiger charge is -2.43. The molecule has 2 atom stereocenters. The number of piperidine rings is 1. The highest BCUT2D eigenvalue weighted by Gasteiger charge is 2.35. The second kappa shape index (κ2) is 7.03. The number of carbonyl (C=O) groups excluding carboxylic acids is 1. The van der Waals surface area contributed by atoms with Gasteiger partial charge >= 0.3 is 0 Å². The molecule has 25 heavy (non-hydrogen) atoms. The van der Waals surface area contributed by atoms with Gasteiger partial charge in [0.15, 0.2) is 4.47 Å². The van der Waals surface area contributed by atoms with E-state index in [1.165, 1.54) is 28.7 Å². The molecular weight excluding hydrogens is 358 g/mol. The maximum atomic E-state index is 12.5. The summed E-state index contributed by atoms with van der Waals surface area (Å²) >= 11 is 7.00. The Morgan fingerprint density at radius 1 is 1.28 bits per heavy atom. The Kier molecular flexibility index (Phi) is 4.78. The zero-order chi connectivity index (χ0) is 17.4. The Hall–Kier alpha value is -1.47. The van der Waals surface area contributed by atoms with E-state index in [0.29, 0.717) is 22.4 Å². The number of carbonyl (C=O) groups is 1. The van der Waals surface area contributed by atoms with Crippen molar-refractivity contribution in [3.8, 4) is 0 Å². The number of thiazole rings is 1. The van der Waals surface area contributed by atoms with Crippen LogP contribution in [0.2, 0.25) is 4.47 Å². The number of fused-ring (bicyclic) bond motifs is 1. The molecule has 1 amide bonds. The second-order valence-corrected chi connectivity index (χ2v) is 8.25. The summed E-state index contributed by atoms with van der Waals surface area (Å²) in [5.74, 6) is -0.0918. The van der Waals surface area contributed by atoms with E-state index in [2.05, 4.69) is 34.1 Å². The minimum Gasteiger partial charge on any atom is -0.390 e. The van der Waals surface area contributed by atoms with Gasteiger partial charge in [0.05, 0.1) is 12.3 Å². The molecular formula is C18H20ClN3O2S. The summed E-state index contributed by atoms with van der Waals surface area (Å²) in [6.45, 7) is 2.83. The zero-order valence-electron chi connectivity index (χ0n) is 13.8. The van der Waals surface area contributed by atoms with Crippen molar-refractivity contribution in [1.29, 1.82) is 0 Å². The zero-order valence-corrected chi connectivity index (χ0v) is 15.3. The summed E-state index contributed by atoms with van der Waals surface area (Å²) in [4.78, 5) is 21.0. The fourth-order valence-corrected chi connectivity index (χ4v) is 4.74. The Morgan fingerprint density at radius 3 is 2.80 bits per heavy atom. The first-order chi connectivity index (χ1) is 12.1. The molecule has 132 valence electrons. The maximum absolute atomic E-state index is 12.5. The molecule has 1 N–H and O–H groups in total. The predicted octanol–water partition coefficient (Wildman–Crippen LogP) is 2.43. The first-order valence-electron chi connectivity index (χ1n) is 8.51. The van der Waals surface area contributed by atoms with Crippen molar-refractivity contribution in [2.45, 2.75) is 31.5 Å². The van der Waals surface area contributed by atoms with Crippen molar-refractivity contribution in [2.75, 3.05) is 19.6 Å². The van der Waals surface area contributed by atoms with Crippen LogP contribution in [0.1, 0.15) is 27.2 Å². The van der Waals surface area contributed by atoms with Crippen molar-refractivity contribution < 1.29 is 9.90 Å². The highest BCUT2D eigenvalue weighted by Crippen LogP contribution is 2.27. The van der Waals surface area contributed by atoms with Gasteiger partial charge < -0.3 is 10.0 Å². The van der Waals surface area contributed by atoms with Crippen LogP contribution < -0.4 is 0 Å². The van der Waals surface area contributed by atoms with Crippen LogP contribution >= 0.6 is 22.9 Å². The van der Waals surface area contributed by atoms with E-state index in [-0.39, 0.29) is 11.9 Å². The highest BCUT2D eigenvalue weighted by atomic mass is 35.5. The third-order valence-electron chi connectivity index (χ3n) is 5.15. The quantitative estimate of drug-likeness (QED) is 0.873. The lowest BCUT2D eigenvalue weighted by Crippen LogP contribution is -2.56. The van der Waals surface area contributed by atoms with E-state index in [9.17, 15) is 9.90 Å². The van der Waals surface area contributed by atoms with Gasteiger partial charge in [-0.05, 0) is 24.0 Å². The molecule has 0 saturated carbocycles. The Bertz CT molecular complexity index is 781. The number of aliphatic hydroxyl groups is 1. The standard InChI is InChI=1S/C18H20ClN3O2S/c19-18-20-9-16(25-18)17(24)22-8-6-14(15(23)11-22)21-7-5-12-3-1-2-4-13(12)10-21/h1-4,9,14-15,23H,5-8,10-11H2/t14?,15-/m1/s1. The lowest BCUT2D eigenvalue weighted by atomic mass is 9.94. The second-order valence-electron chi connectivity index (χ2n) is 6.64. The van der Waals surface area contributed by atoms with Crippen molar-refractivity contribution in [3.63, 3.8) is 0 Å². The minimum atomic E-state index is -0.536. The van der Waals surface area contributed by atoms with Gasteiger partial charge in [0.25, 0.3) is 5.91 Å².